The lowest BCUT2D eigenvalue weighted by Crippen LogP contribution is -2.70. The van der Waals surface area contributed by atoms with Crippen LogP contribution in [-0.4, -0.2) is 62.3 Å². The SMILES string of the molecule is CCN[C@@](C)(CO[C@H]1[C@H](OC)C[C@@]23COC[C@]1(C)[C@@H]2CC[C@H]1C3=CC[C@@]2(C)[C@H](C(=O)O)[C@@](C)([C@H](C)C(C)C)CC[C@]12C)C(C)(C)C. The fraction of sp³-hybridized carbons (Fsp3) is 0.925. The summed E-state index contributed by atoms with van der Waals surface area (Å²) in [4.78, 5) is 13.4. The van der Waals surface area contributed by atoms with Crippen LogP contribution >= 0.6 is 0 Å². The van der Waals surface area contributed by atoms with Gasteiger partial charge in [-0.25, -0.2) is 0 Å². The monoisotopic (exact) mass is 644 g/mol. The summed E-state index contributed by atoms with van der Waals surface area (Å²) in [5, 5.41) is 14.7. The van der Waals surface area contributed by atoms with Crippen LogP contribution in [0.1, 0.15) is 122 Å². The van der Waals surface area contributed by atoms with Crippen LogP contribution in [0.25, 0.3) is 0 Å². The second-order valence-corrected chi connectivity index (χ2v) is 19.2. The van der Waals surface area contributed by atoms with Crippen molar-refractivity contribution in [3.05, 3.63) is 11.6 Å². The molecule has 4 aliphatic carbocycles. The van der Waals surface area contributed by atoms with Crippen molar-refractivity contribution in [1.82, 2.24) is 5.32 Å². The van der Waals surface area contributed by atoms with Gasteiger partial charge < -0.3 is 24.6 Å². The first kappa shape index (κ1) is 36.3. The number of carbonyl (C=O) groups is 1. The molecule has 0 unspecified atom stereocenters. The van der Waals surface area contributed by atoms with Gasteiger partial charge in [0, 0.05) is 23.5 Å². The predicted octanol–water partition coefficient (Wildman–Crippen LogP) is 8.39. The Bertz CT molecular complexity index is 1190. The van der Waals surface area contributed by atoms with Crippen LogP contribution in [0.15, 0.2) is 11.6 Å². The number of aliphatic carboxylic acids is 1. The predicted molar refractivity (Wildman–Crippen MR) is 186 cm³/mol. The van der Waals surface area contributed by atoms with Crippen LogP contribution in [-0.2, 0) is 19.0 Å². The summed E-state index contributed by atoms with van der Waals surface area (Å²) in [5.74, 6) is 0.628. The summed E-state index contributed by atoms with van der Waals surface area (Å²) >= 11 is 0. The molecule has 1 heterocycles. The Morgan fingerprint density at radius 1 is 1.07 bits per heavy atom. The van der Waals surface area contributed by atoms with E-state index in [9.17, 15) is 9.90 Å². The van der Waals surface area contributed by atoms with Gasteiger partial charge in [0.15, 0.2) is 0 Å². The molecule has 2 N–H and O–H groups in total. The van der Waals surface area contributed by atoms with E-state index in [0.29, 0.717) is 36.9 Å². The number of carboxylic acid groups (broad SMARTS) is 1. The van der Waals surface area contributed by atoms with E-state index >= 15 is 0 Å². The van der Waals surface area contributed by atoms with Gasteiger partial charge in [0.25, 0.3) is 0 Å². The van der Waals surface area contributed by atoms with Crippen molar-refractivity contribution in [2.45, 2.75) is 139 Å². The van der Waals surface area contributed by atoms with E-state index in [1.54, 1.807) is 5.57 Å². The minimum Gasteiger partial charge on any atom is -0.481 e. The van der Waals surface area contributed by atoms with Crippen LogP contribution in [0.3, 0.4) is 0 Å². The van der Waals surface area contributed by atoms with E-state index < -0.39 is 5.97 Å². The number of rotatable bonds is 9. The van der Waals surface area contributed by atoms with Crippen LogP contribution in [0.5, 0.6) is 0 Å². The second kappa shape index (κ2) is 11.8. The molecule has 0 amide bonds. The van der Waals surface area contributed by atoms with Crippen molar-refractivity contribution >= 4 is 5.97 Å². The van der Waals surface area contributed by atoms with E-state index in [-0.39, 0.29) is 56.2 Å². The molecule has 6 heteroatoms. The van der Waals surface area contributed by atoms with Gasteiger partial charge in [-0.05, 0) is 97.3 Å². The summed E-state index contributed by atoms with van der Waals surface area (Å²) in [6, 6.07) is 0. The third-order valence-electron chi connectivity index (χ3n) is 16.1. The highest BCUT2D eigenvalue weighted by molar-refractivity contribution is 5.73. The minimum absolute atomic E-state index is 0.0231. The molecule has 1 saturated heterocycles. The van der Waals surface area contributed by atoms with Crippen molar-refractivity contribution in [2.75, 3.05) is 33.5 Å². The normalized spacial score (nSPS) is 46.0. The Balaban J connectivity index is 1.53. The number of methoxy groups -OCH3 is 1. The maximum Gasteiger partial charge on any atom is 0.307 e. The van der Waals surface area contributed by atoms with Gasteiger partial charge in [0.1, 0.15) is 0 Å². The Kier molecular flexibility index (Phi) is 9.35. The molecule has 0 radical (unpaired) electrons. The van der Waals surface area contributed by atoms with Crippen LogP contribution < -0.4 is 5.32 Å². The smallest absolute Gasteiger partial charge is 0.307 e. The zero-order valence-corrected chi connectivity index (χ0v) is 31.8. The lowest BCUT2D eigenvalue weighted by Gasteiger charge is -2.71. The highest BCUT2D eigenvalue weighted by Crippen LogP contribution is 2.75. The van der Waals surface area contributed by atoms with Crippen molar-refractivity contribution in [2.24, 2.45) is 62.1 Å². The molecule has 0 spiro atoms. The molecule has 0 aromatic carbocycles. The number of fused-ring (bicyclic) bond motifs is 3. The molecular formula is C40H69NO5. The van der Waals surface area contributed by atoms with Crippen molar-refractivity contribution in [3.63, 3.8) is 0 Å². The summed E-state index contributed by atoms with van der Waals surface area (Å²) in [6.45, 7) is 30.6. The number of hydrogen-bond donors (Lipinski definition) is 2. The molecule has 3 saturated carbocycles. The highest BCUT2D eigenvalue weighted by Gasteiger charge is 2.71. The van der Waals surface area contributed by atoms with E-state index in [0.717, 1.165) is 51.7 Å². The Morgan fingerprint density at radius 2 is 1.74 bits per heavy atom. The lowest BCUT2D eigenvalue weighted by molar-refractivity contribution is -0.271. The standard InChI is InChI=1S/C40H69NO5/c1-14-41-39(12,34(5,6)7)23-46-32-29(44-13)21-40-24-45-22-36(32,9)30(40)16-15-27-28(40)17-18-38(11)31(33(42)43)35(8,26(4)25(2)3)19-20-37(27,38)10/h17,25-27,29-32,41H,14-16,18-24H2,1-13H3,(H,42,43)/t26-,27+,29-,30+,31-,32+,35-,36-,37-,38+,39+,40+/m1/s1. The second-order valence-electron chi connectivity index (χ2n) is 19.2. The van der Waals surface area contributed by atoms with Gasteiger partial charge >= 0.3 is 5.97 Å². The third-order valence-corrected chi connectivity index (χ3v) is 16.1. The fourth-order valence-electron chi connectivity index (χ4n) is 12.3. The van der Waals surface area contributed by atoms with Crippen molar-refractivity contribution in [1.29, 1.82) is 0 Å². The molecule has 1 aliphatic heterocycles. The first-order valence-electron chi connectivity index (χ1n) is 18.6. The van der Waals surface area contributed by atoms with Crippen molar-refractivity contribution in [3.8, 4) is 0 Å². The Hall–Kier alpha value is -0.950. The van der Waals surface area contributed by atoms with Gasteiger partial charge in [0.05, 0.1) is 37.9 Å². The van der Waals surface area contributed by atoms with Gasteiger partial charge in [0.2, 0.25) is 0 Å². The number of ether oxygens (including phenoxy) is 3. The van der Waals surface area contributed by atoms with E-state index in [1.165, 1.54) is 0 Å². The molecule has 46 heavy (non-hydrogen) atoms. The lowest BCUT2D eigenvalue weighted by atomic mass is 9.34. The Morgan fingerprint density at radius 3 is 2.30 bits per heavy atom. The average Bonchev–Trinajstić information content (AvgIpc) is 2.95. The Labute approximate surface area is 281 Å². The zero-order valence-electron chi connectivity index (χ0n) is 31.8. The highest BCUT2D eigenvalue weighted by atomic mass is 16.5. The fourth-order valence-corrected chi connectivity index (χ4v) is 12.3. The molecular weight excluding hydrogens is 574 g/mol. The molecule has 4 fully saturated rings. The van der Waals surface area contributed by atoms with E-state index in [4.69, 9.17) is 14.2 Å². The summed E-state index contributed by atoms with van der Waals surface area (Å²) in [7, 11) is 1.87. The zero-order chi connectivity index (χ0) is 34.3. The maximum atomic E-state index is 13.4. The number of allylic oxidation sites excluding steroid dienone is 1. The molecule has 2 bridgehead atoms. The molecule has 5 aliphatic rings. The van der Waals surface area contributed by atoms with Gasteiger partial charge in [-0.15, -0.1) is 0 Å². The molecule has 0 aromatic rings. The van der Waals surface area contributed by atoms with Gasteiger partial charge in [-0.2, -0.15) is 0 Å². The molecule has 264 valence electrons. The minimum atomic E-state index is -0.599. The quantitative estimate of drug-likeness (QED) is 0.246. The number of nitrogens with one attached hydrogen (secondary N) is 1. The van der Waals surface area contributed by atoms with E-state index in [1.807, 2.05) is 7.11 Å². The average molecular weight is 644 g/mol. The van der Waals surface area contributed by atoms with Crippen molar-refractivity contribution < 1.29 is 24.1 Å². The van der Waals surface area contributed by atoms with E-state index in [2.05, 4.69) is 94.5 Å². The third kappa shape index (κ3) is 4.95. The topological polar surface area (TPSA) is 77.0 Å². The number of hydrogen-bond acceptors (Lipinski definition) is 5. The molecule has 6 nitrogen and oxygen atoms in total. The van der Waals surface area contributed by atoms with Crippen LogP contribution in [0.4, 0.5) is 0 Å². The maximum absolute atomic E-state index is 13.4. The summed E-state index contributed by atoms with van der Waals surface area (Å²) in [5.41, 5.74) is 0.525. The first-order chi connectivity index (χ1) is 21.2. The molecule has 0 aromatic heterocycles. The first-order valence-corrected chi connectivity index (χ1v) is 18.6. The largest absolute Gasteiger partial charge is 0.481 e. The van der Waals surface area contributed by atoms with Crippen LogP contribution in [0, 0.1) is 62.1 Å². The molecule has 12 atom stereocenters. The number of likely N-dealkylation sites (N-methyl/N-ethyl adjacent to an activating group) is 1. The summed E-state index contributed by atoms with van der Waals surface area (Å²) < 4.78 is 20.2. The van der Waals surface area contributed by atoms with Gasteiger partial charge in [-0.3, -0.25) is 4.79 Å². The van der Waals surface area contributed by atoms with Crippen LogP contribution in [0.2, 0.25) is 0 Å². The number of carboxylic acids is 1. The molecule has 5 rings (SSSR count). The summed E-state index contributed by atoms with van der Waals surface area (Å²) in [6.07, 6.45) is 8.48. The van der Waals surface area contributed by atoms with Gasteiger partial charge in [-0.1, -0.05) is 87.8 Å².